The normalized spacial score (nSPS) is 16.7. The first-order valence-electron chi connectivity index (χ1n) is 6.23. The molecule has 1 aromatic carbocycles. The molecule has 1 atom stereocenters. The first-order chi connectivity index (χ1) is 9.51. The summed E-state index contributed by atoms with van der Waals surface area (Å²) in [5.41, 5.74) is 0.433. The van der Waals surface area contributed by atoms with Gasteiger partial charge in [0.1, 0.15) is 11.6 Å². The molecule has 1 saturated heterocycles. The highest BCUT2D eigenvalue weighted by Crippen LogP contribution is 2.29. The largest absolute Gasteiger partial charge is 0.390 e. The lowest BCUT2D eigenvalue weighted by molar-refractivity contribution is 0.141. The number of aliphatic hydroxyl groups excluding tert-OH is 1. The van der Waals surface area contributed by atoms with E-state index >= 15 is 0 Å². The van der Waals surface area contributed by atoms with Crippen LogP contribution in [0.2, 0.25) is 0 Å². The van der Waals surface area contributed by atoms with Crippen LogP contribution in [0.1, 0.15) is 11.5 Å². The van der Waals surface area contributed by atoms with E-state index in [0.717, 1.165) is 6.07 Å². The molecule has 1 aliphatic heterocycles. The number of benzene rings is 1. The molecule has 4 nitrogen and oxygen atoms in total. The van der Waals surface area contributed by atoms with E-state index in [-0.39, 0.29) is 18.5 Å². The van der Waals surface area contributed by atoms with E-state index in [0.29, 0.717) is 23.1 Å². The third kappa shape index (κ3) is 3.57. The van der Waals surface area contributed by atoms with Crippen LogP contribution in [0.25, 0.3) is 0 Å². The molecule has 1 aliphatic rings. The molecule has 7 heteroatoms. The summed E-state index contributed by atoms with van der Waals surface area (Å²) in [6.07, 6.45) is -0.564. The van der Waals surface area contributed by atoms with Gasteiger partial charge in [0.15, 0.2) is 0 Å². The number of hydrogen-bond donors (Lipinski definition) is 2. The van der Waals surface area contributed by atoms with Crippen molar-refractivity contribution in [3.05, 3.63) is 35.4 Å². The van der Waals surface area contributed by atoms with Crippen LogP contribution in [-0.4, -0.2) is 46.2 Å². The molecule has 0 saturated carbocycles. The highest BCUT2D eigenvalue weighted by atomic mass is 127. The summed E-state index contributed by atoms with van der Waals surface area (Å²) in [5, 5.41) is 12.0. The van der Waals surface area contributed by atoms with Gasteiger partial charge in [0.25, 0.3) is 0 Å². The Bertz CT molecular complexity index is 495. The number of nitrogens with one attached hydrogen (secondary N) is 1. The molecule has 0 spiro atoms. The molecule has 0 bridgehead atoms. The zero-order chi connectivity index (χ0) is 14.7. The molecule has 0 aromatic heterocycles. The number of carbonyl (C=O) groups is 1. The zero-order valence-electron chi connectivity index (χ0n) is 10.7. The minimum absolute atomic E-state index is 0.101. The number of amides is 2. The lowest BCUT2D eigenvalue weighted by Crippen LogP contribution is -2.53. The van der Waals surface area contributed by atoms with Gasteiger partial charge in [0.05, 0.1) is 6.10 Å². The van der Waals surface area contributed by atoms with Crippen molar-refractivity contribution in [1.29, 1.82) is 0 Å². The molecular weight excluding hydrogens is 381 g/mol. The van der Waals surface area contributed by atoms with Gasteiger partial charge >= 0.3 is 6.03 Å². The Labute approximate surface area is 129 Å². The van der Waals surface area contributed by atoms with E-state index in [9.17, 15) is 18.7 Å². The Morgan fingerprint density at radius 3 is 2.80 bits per heavy atom. The van der Waals surface area contributed by atoms with Crippen LogP contribution in [0.4, 0.5) is 13.6 Å². The fourth-order valence-electron chi connectivity index (χ4n) is 2.05. The van der Waals surface area contributed by atoms with E-state index in [4.69, 9.17) is 0 Å². The minimum Gasteiger partial charge on any atom is -0.390 e. The highest BCUT2D eigenvalue weighted by Gasteiger charge is 2.33. The van der Waals surface area contributed by atoms with Crippen molar-refractivity contribution in [3.63, 3.8) is 0 Å². The van der Waals surface area contributed by atoms with E-state index in [2.05, 4.69) is 5.32 Å². The maximum absolute atomic E-state index is 13.6. The highest BCUT2D eigenvalue weighted by molar-refractivity contribution is 14.1. The molecule has 110 valence electrons. The molecule has 1 fully saturated rings. The van der Waals surface area contributed by atoms with Crippen molar-refractivity contribution in [2.45, 2.75) is 12.0 Å². The number of nitrogens with zero attached hydrogens (tertiary/aromatic N) is 1. The smallest absolute Gasteiger partial charge is 0.317 e. The van der Waals surface area contributed by atoms with Gasteiger partial charge in [-0.25, -0.2) is 13.6 Å². The molecule has 2 N–H and O–H groups in total. The summed E-state index contributed by atoms with van der Waals surface area (Å²) >= 11 is 2.03. The number of aliphatic hydroxyl groups is 1. The van der Waals surface area contributed by atoms with Gasteiger partial charge in [0.2, 0.25) is 0 Å². The summed E-state index contributed by atoms with van der Waals surface area (Å²) in [4.78, 5) is 13.2. The van der Waals surface area contributed by atoms with Crippen molar-refractivity contribution in [1.82, 2.24) is 10.2 Å². The van der Waals surface area contributed by atoms with E-state index in [1.165, 1.54) is 17.0 Å². The zero-order valence-corrected chi connectivity index (χ0v) is 12.8. The van der Waals surface area contributed by atoms with E-state index in [1.54, 1.807) is 0 Å². The second kappa shape index (κ2) is 6.66. The Morgan fingerprint density at radius 2 is 2.20 bits per heavy atom. The fraction of sp³-hybridized carbons (Fsp3) is 0.462. The van der Waals surface area contributed by atoms with Gasteiger partial charge in [-0.1, -0.05) is 28.7 Å². The van der Waals surface area contributed by atoms with Crippen molar-refractivity contribution in [3.8, 4) is 0 Å². The Morgan fingerprint density at radius 1 is 1.50 bits per heavy atom. The summed E-state index contributed by atoms with van der Waals surface area (Å²) in [7, 11) is 0. The lowest BCUT2D eigenvalue weighted by Gasteiger charge is -2.39. The average Bonchev–Trinajstić information content (AvgIpc) is 2.36. The molecule has 1 heterocycles. The average molecular weight is 396 g/mol. The summed E-state index contributed by atoms with van der Waals surface area (Å²) < 4.78 is 26.9. The molecule has 2 rings (SSSR count). The number of halogens is 3. The number of carbonyl (C=O) groups excluding carboxylic acids is 1. The first kappa shape index (κ1) is 15.4. The molecule has 2 amide bonds. The Balaban J connectivity index is 1.83. The van der Waals surface area contributed by atoms with Crippen LogP contribution in [0.5, 0.6) is 0 Å². The number of likely N-dealkylation sites (tertiary alicyclic amines) is 1. The van der Waals surface area contributed by atoms with Crippen LogP contribution < -0.4 is 5.32 Å². The second-order valence-electron chi connectivity index (χ2n) is 4.76. The molecule has 20 heavy (non-hydrogen) atoms. The topological polar surface area (TPSA) is 52.6 Å². The van der Waals surface area contributed by atoms with Crippen molar-refractivity contribution < 1.29 is 18.7 Å². The number of urea groups is 1. The third-order valence-electron chi connectivity index (χ3n) is 3.24. The van der Waals surface area contributed by atoms with Crippen molar-refractivity contribution in [2.24, 2.45) is 0 Å². The van der Waals surface area contributed by atoms with Gasteiger partial charge < -0.3 is 15.3 Å². The predicted octanol–water partition coefficient (Wildman–Crippen LogP) is 1.87. The van der Waals surface area contributed by atoms with Crippen LogP contribution in [-0.2, 0) is 0 Å². The molecule has 1 aromatic rings. The SMILES string of the molecule is O=C(NC[C@H](O)CI)N1CC(c2ccc(F)cc2F)C1. The quantitative estimate of drug-likeness (QED) is 0.603. The van der Waals surface area contributed by atoms with Gasteiger partial charge in [0, 0.05) is 36.0 Å². The lowest BCUT2D eigenvalue weighted by atomic mass is 9.91. The fourth-order valence-corrected chi connectivity index (χ4v) is 2.36. The predicted molar refractivity (Wildman–Crippen MR) is 79.0 cm³/mol. The van der Waals surface area contributed by atoms with Crippen molar-refractivity contribution in [2.75, 3.05) is 24.1 Å². The third-order valence-corrected chi connectivity index (χ3v) is 4.25. The summed E-state index contributed by atoms with van der Waals surface area (Å²) in [6.45, 7) is 0.997. The van der Waals surface area contributed by atoms with E-state index < -0.39 is 17.7 Å². The number of hydrogen-bond acceptors (Lipinski definition) is 2. The Kier molecular flexibility index (Phi) is 5.14. The van der Waals surface area contributed by atoms with Gasteiger partial charge in [-0.15, -0.1) is 0 Å². The van der Waals surface area contributed by atoms with E-state index in [1.807, 2.05) is 22.6 Å². The molecular formula is C13H15F2IN2O2. The second-order valence-corrected chi connectivity index (χ2v) is 5.64. The summed E-state index contributed by atoms with van der Waals surface area (Å²) in [6, 6.07) is 3.23. The van der Waals surface area contributed by atoms with Crippen molar-refractivity contribution >= 4 is 28.6 Å². The van der Waals surface area contributed by atoms with Crippen LogP contribution >= 0.6 is 22.6 Å². The van der Waals surface area contributed by atoms with Gasteiger partial charge in [-0.05, 0) is 11.6 Å². The molecule has 0 radical (unpaired) electrons. The van der Waals surface area contributed by atoms with Gasteiger partial charge in [-0.2, -0.15) is 0 Å². The Hall–Kier alpha value is -0.960. The van der Waals surface area contributed by atoms with Crippen LogP contribution in [0, 0.1) is 11.6 Å². The first-order valence-corrected chi connectivity index (χ1v) is 7.75. The monoisotopic (exact) mass is 396 g/mol. The molecule has 0 aliphatic carbocycles. The van der Waals surface area contributed by atoms with Crippen LogP contribution in [0.3, 0.4) is 0 Å². The standard InChI is InChI=1S/C13H15F2IN2O2/c14-9-1-2-11(12(15)3-9)8-6-18(7-8)13(20)17-5-10(19)4-16/h1-3,8,10,19H,4-7H2,(H,17,20)/t10-/m1/s1. The minimum atomic E-state index is -0.604. The number of alkyl halides is 1. The summed E-state index contributed by atoms with van der Waals surface area (Å²) in [5.74, 6) is -1.28. The maximum Gasteiger partial charge on any atom is 0.317 e. The van der Waals surface area contributed by atoms with Gasteiger partial charge in [-0.3, -0.25) is 0 Å². The maximum atomic E-state index is 13.6. The number of rotatable bonds is 4. The molecule has 0 unspecified atom stereocenters. The van der Waals surface area contributed by atoms with Crippen LogP contribution in [0.15, 0.2) is 18.2 Å².